The summed E-state index contributed by atoms with van der Waals surface area (Å²) < 4.78 is 1.13. The lowest BCUT2D eigenvalue weighted by molar-refractivity contribution is -0.133. The molecule has 1 aliphatic heterocycles. The molecule has 0 N–H and O–H groups in total. The van der Waals surface area contributed by atoms with Gasteiger partial charge in [0.1, 0.15) is 0 Å². The van der Waals surface area contributed by atoms with E-state index in [1.807, 2.05) is 33.2 Å². The zero-order chi connectivity index (χ0) is 15.9. The van der Waals surface area contributed by atoms with Crippen molar-refractivity contribution in [2.45, 2.75) is 19.8 Å². The number of nitrogens with zero attached hydrogens (tertiary/aromatic N) is 3. The second kappa shape index (κ2) is 6.05. The van der Waals surface area contributed by atoms with Crippen LogP contribution in [-0.4, -0.2) is 43.0 Å². The summed E-state index contributed by atoms with van der Waals surface area (Å²) in [6.07, 6.45) is 1.79. The van der Waals surface area contributed by atoms with Crippen LogP contribution in [0.3, 0.4) is 0 Å². The van der Waals surface area contributed by atoms with E-state index in [1.165, 1.54) is 0 Å². The number of hydrogen-bond donors (Lipinski definition) is 0. The van der Waals surface area contributed by atoms with E-state index in [-0.39, 0.29) is 11.8 Å². The average molecular weight is 338 g/mol. The number of fused-ring (bicyclic) bond motifs is 1. The highest BCUT2D eigenvalue weighted by molar-refractivity contribution is 7.22. The topological polar surface area (TPSA) is 36.4 Å². The van der Waals surface area contributed by atoms with Crippen LogP contribution in [0.5, 0.6) is 0 Å². The molecule has 0 aliphatic carbocycles. The molecule has 3 rings (SSSR count). The van der Waals surface area contributed by atoms with Gasteiger partial charge in [-0.2, -0.15) is 0 Å². The third-order valence-electron chi connectivity index (χ3n) is 4.19. The van der Waals surface area contributed by atoms with Gasteiger partial charge in [-0.15, -0.1) is 0 Å². The number of amides is 1. The molecule has 118 valence electrons. The molecule has 0 atom stereocenters. The first-order valence-electron chi connectivity index (χ1n) is 7.48. The Hall–Kier alpha value is -1.33. The van der Waals surface area contributed by atoms with Crippen molar-refractivity contribution in [3.8, 4) is 0 Å². The van der Waals surface area contributed by atoms with Crippen molar-refractivity contribution >= 4 is 44.2 Å². The highest BCUT2D eigenvalue weighted by atomic mass is 35.5. The quantitative estimate of drug-likeness (QED) is 0.840. The van der Waals surface area contributed by atoms with E-state index in [1.54, 1.807) is 16.2 Å². The van der Waals surface area contributed by atoms with Gasteiger partial charge in [-0.1, -0.05) is 22.9 Å². The largest absolute Gasteiger partial charge is 0.349 e. The molecule has 1 aromatic heterocycles. The number of halogens is 1. The number of piperidine rings is 1. The van der Waals surface area contributed by atoms with Crippen LogP contribution in [0, 0.1) is 12.8 Å². The van der Waals surface area contributed by atoms with Crippen molar-refractivity contribution in [3.63, 3.8) is 0 Å². The van der Waals surface area contributed by atoms with E-state index < -0.39 is 0 Å². The van der Waals surface area contributed by atoms with Gasteiger partial charge >= 0.3 is 0 Å². The molecule has 0 bridgehead atoms. The maximum atomic E-state index is 12.0. The Kier molecular flexibility index (Phi) is 4.28. The first-order chi connectivity index (χ1) is 10.5. The number of aryl methyl sites for hydroxylation is 1. The Labute approximate surface area is 139 Å². The van der Waals surface area contributed by atoms with Crippen LogP contribution in [0.1, 0.15) is 18.4 Å². The van der Waals surface area contributed by atoms with Gasteiger partial charge in [-0.3, -0.25) is 4.79 Å². The third kappa shape index (κ3) is 2.92. The molecule has 2 aromatic rings. The van der Waals surface area contributed by atoms with Gasteiger partial charge < -0.3 is 9.80 Å². The standard InChI is InChI=1S/C16H20ClN3OS/c1-10-8-12(17)9-13-14(10)18-16(22-13)20-6-4-11(5-7-20)15(21)19(2)3/h8-9,11H,4-7H2,1-3H3. The highest BCUT2D eigenvalue weighted by Crippen LogP contribution is 2.34. The number of aromatic nitrogens is 1. The summed E-state index contributed by atoms with van der Waals surface area (Å²) in [5, 5.41) is 1.80. The zero-order valence-corrected chi connectivity index (χ0v) is 14.7. The molecule has 1 aliphatic rings. The molecule has 6 heteroatoms. The Balaban J connectivity index is 1.77. The Morgan fingerprint density at radius 3 is 2.68 bits per heavy atom. The molecule has 1 fully saturated rings. The summed E-state index contributed by atoms with van der Waals surface area (Å²) in [4.78, 5) is 20.8. The normalized spacial score (nSPS) is 16.3. The minimum absolute atomic E-state index is 0.150. The second-order valence-corrected chi connectivity index (χ2v) is 7.51. The molecule has 1 aromatic carbocycles. The minimum atomic E-state index is 0.150. The number of rotatable bonds is 2. The smallest absolute Gasteiger partial charge is 0.225 e. The Morgan fingerprint density at radius 2 is 2.05 bits per heavy atom. The molecule has 0 saturated carbocycles. The third-order valence-corrected chi connectivity index (χ3v) is 5.48. The first kappa shape index (κ1) is 15.6. The van der Waals surface area contributed by atoms with E-state index in [9.17, 15) is 4.79 Å². The molecule has 2 heterocycles. The van der Waals surface area contributed by atoms with Gasteiger partial charge in [0.05, 0.1) is 10.2 Å². The minimum Gasteiger partial charge on any atom is -0.349 e. The molecule has 1 amide bonds. The van der Waals surface area contributed by atoms with Gasteiger partial charge in [0.2, 0.25) is 5.91 Å². The monoisotopic (exact) mass is 337 g/mol. The van der Waals surface area contributed by atoms with Gasteiger partial charge in [0.15, 0.2) is 5.13 Å². The predicted molar refractivity (Wildman–Crippen MR) is 93.0 cm³/mol. The molecule has 22 heavy (non-hydrogen) atoms. The molecular weight excluding hydrogens is 318 g/mol. The maximum absolute atomic E-state index is 12.0. The summed E-state index contributed by atoms with van der Waals surface area (Å²) >= 11 is 7.81. The van der Waals surface area contributed by atoms with Crippen LogP contribution in [0.25, 0.3) is 10.2 Å². The number of benzene rings is 1. The highest BCUT2D eigenvalue weighted by Gasteiger charge is 2.27. The van der Waals surface area contributed by atoms with E-state index in [0.29, 0.717) is 0 Å². The SMILES string of the molecule is Cc1cc(Cl)cc2sc(N3CCC(C(=O)N(C)C)CC3)nc12. The van der Waals surface area contributed by atoms with Crippen LogP contribution < -0.4 is 4.90 Å². The fourth-order valence-corrected chi connectivity index (χ4v) is 4.43. The van der Waals surface area contributed by atoms with E-state index in [4.69, 9.17) is 16.6 Å². The summed E-state index contributed by atoms with van der Waals surface area (Å²) in [6.45, 7) is 3.81. The van der Waals surface area contributed by atoms with Crippen molar-refractivity contribution in [2.24, 2.45) is 5.92 Å². The number of thiazole rings is 1. The van der Waals surface area contributed by atoms with E-state index in [2.05, 4.69) is 4.90 Å². The number of anilines is 1. The number of carbonyl (C=O) groups excluding carboxylic acids is 1. The van der Waals surface area contributed by atoms with Crippen molar-refractivity contribution in [1.82, 2.24) is 9.88 Å². The average Bonchev–Trinajstić information content (AvgIpc) is 2.90. The lowest BCUT2D eigenvalue weighted by Gasteiger charge is -2.32. The van der Waals surface area contributed by atoms with Crippen LogP contribution in [-0.2, 0) is 4.79 Å². The fraction of sp³-hybridized carbons (Fsp3) is 0.500. The van der Waals surface area contributed by atoms with E-state index >= 15 is 0 Å². The lowest BCUT2D eigenvalue weighted by Crippen LogP contribution is -2.40. The van der Waals surface area contributed by atoms with Crippen LogP contribution in [0.2, 0.25) is 5.02 Å². The van der Waals surface area contributed by atoms with Crippen molar-refractivity contribution in [2.75, 3.05) is 32.1 Å². The maximum Gasteiger partial charge on any atom is 0.225 e. The van der Waals surface area contributed by atoms with Crippen molar-refractivity contribution in [3.05, 3.63) is 22.7 Å². The van der Waals surface area contributed by atoms with Crippen molar-refractivity contribution < 1.29 is 4.79 Å². The van der Waals surface area contributed by atoms with Gasteiger partial charge in [0.25, 0.3) is 0 Å². The van der Waals surface area contributed by atoms with Gasteiger partial charge in [-0.25, -0.2) is 4.98 Å². The summed E-state index contributed by atoms with van der Waals surface area (Å²) in [6, 6.07) is 3.93. The predicted octanol–water partition coefficient (Wildman–Crippen LogP) is 3.56. The van der Waals surface area contributed by atoms with Crippen molar-refractivity contribution in [1.29, 1.82) is 0 Å². The molecule has 0 spiro atoms. The molecular formula is C16H20ClN3OS. The van der Waals surface area contributed by atoms with Crippen LogP contribution in [0.15, 0.2) is 12.1 Å². The summed E-state index contributed by atoms with van der Waals surface area (Å²) in [5.41, 5.74) is 2.15. The molecule has 0 radical (unpaired) electrons. The summed E-state index contributed by atoms with van der Waals surface area (Å²) in [7, 11) is 3.66. The summed E-state index contributed by atoms with van der Waals surface area (Å²) in [5.74, 6) is 0.392. The first-order valence-corrected chi connectivity index (χ1v) is 8.68. The van der Waals surface area contributed by atoms with Gasteiger partial charge in [-0.05, 0) is 37.5 Å². The van der Waals surface area contributed by atoms with Crippen LogP contribution in [0.4, 0.5) is 5.13 Å². The molecule has 0 unspecified atom stereocenters. The molecule has 4 nitrogen and oxygen atoms in total. The zero-order valence-electron chi connectivity index (χ0n) is 13.1. The Bertz CT molecular complexity index is 705. The van der Waals surface area contributed by atoms with Gasteiger partial charge in [0, 0.05) is 38.1 Å². The number of carbonyl (C=O) groups is 1. The number of hydrogen-bond acceptors (Lipinski definition) is 4. The molecule has 1 saturated heterocycles. The lowest BCUT2D eigenvalue weighted by atomic mass is 9.96. The Morgan fingerprint density at radius 1 is 1.36 bits per heavy atom. The van der Waals surface area contributed by atoms with E-state index in [0.717, 1.165) is 51.9 Å². The second-order valence-electron chi connectivity index (χ2n) is 6.06. The van der Waals surface area contributed by atoms with Crippen LogP contribution >= 0.6 is 22.9 Å². The fourth-order valence-electron chi connectivity index (χ4n) is 2.96.